The van der Waals surface area contributed by atoms with Gasteiger partial charge >= 0.3 is 0 Å². The summed E-state index contributed by atoms with van der Waals surface area (Å²) < 4.78 is 0. The summed E-state index contributed by atoms with van der Waals surface area (Å²) in [5, 5.41) is 0.639. The lowest BCUT2D eigenvalue weighted by Crippen LogP contribution is -2.30. The SMILES string of the molecule is Cl.Nc1ncc(CN2CCc3cncnc3C2)s1. The molecule has 3 rings (SSSR count). The maximum absolute atomic E-state index is 5.63. The molecule has 7 heteroatoms. The Morgan fingerprint density at radius 3 is 3.00 bits per heavy atom. The zero-order valence-corrected chi connectivity index (χ0v) is 11.4. The third-order valence-corrected chi connectivity index (χ3v) is 3.71. The fourth-order valence-electron chi connectivity index (χ4n) is 2.06. The van der Waals surface area contributed by atoms with E-state index in [1.165, 1.54) is 10.4 Å². The van der Waals surface area contributed by atoms with Gasteiger partial charge in [-0.05, 0) is 12.0 Å². The molecule has 3 heterocycles. The van der Waals surface area contributed by atoms with Crippen LogP contribution in [0.5, 0.6) is 0 Å². The van der Waals surface area contributed by atoms with Gasteiger partial charge in [0.1, 0.15) is 6.33 Å². The number of aromatic nitrogens is 3. The lowest BCUT2D eigenvalue weighted by molar-refractivity contribution is 0.243. The summed E-state index contributed by atoms with van der Waals surface area (Å²) in [5.74, 6) is 0. The van der Waals surface area contributed by atoms with E-state index in [0.717, 1.165) is 31.7 Å². The molecule has 0 saturated carbocycles. The predicted molar refractivity (Wildman–Crippen MR) is 73.6 cm³/mol. The summed E-state index contributed by atoms with van der Waals surface area (Å²) in [5.41, 5.74) is 8.04. The molecule has 0 bridgehead atoms. The standard InChI is InChI=1S/C11H13N5S.ClH/c12-11-14-4-9(17-11)5-16-2-1-8-3-13-7-15-10(8)6-16;/h3-4,7H,1-2,5-6H2,(H2,12,14);1H. The summed E-state index contributed by atoms with van der Waals surface area (Å²) in [4.78, 5) is 16.0. The molecule has 18 heavy (non-hydrogen) atoms. The van der Waals surface area contributed by atoms with E-state index in [1.54, 1.807) is 17.7 Å². The first kappa shape index (κ1) is 13.2. The Kier molecular flexibility index (Phi) is 4.11. The fraction of sp³-hybridized carbons (Fsp3) is 0.364. The highest BCUT2D eigenvalue weighted by Gasteiger charge is 2.17. The molecule has 1 aliphatic heterocycles. The number of nitrogens with zero attached hydrogens (tertiary/aromatic N) is 4. The monoisotopic (exact) mass is 283 g/mol. The van der Waals surface area contributed by atoms with Crippen molar-refractivity contribution in [1.29, 1.82) is 0 Å². The Labute approximate surface area is 115 Å². The van der Waals surface area contributed by atoms with Gasteiger partial charge in [-0.2, -0.15) is 0 Å². The van der Waals surface area contributed by atoms with E-state index in [9.17, 15) is 0 Å². The molecule has 2 N–H and O–H groups in total. The number of hydrogen-bond acceptors (Lipinski definition) is 6. The molecule has 2 aromatic rings. The molecule has 0 radical (unpaired) electrons. The van der Waals surface area contributed by atoms with E-state index < -0.39 is 0 Å². The smallest absolute Gasteiger partial charge is 0.180 e. The van der Waals surface area contributed by atoms with Crippen molar-refractivity contribution < 1.29 is 0 Å². The number of hydrogen-bond donors (Lipinski definition) is 1. The fourth-order valence-corrected chi connectivity index (χ4v) is 2.78. The molecular formula is C11H14ClN5S. The molecule has 0 spiro atoms. The Hall–Kier alpha value is -1.24. The van der Waals surface area contributed by atoms with Crippen LogP contribution in [-0.4, -0.2) is 26.4 Å². The Morgan fingerprint density at radius 2 is 2.22 bits per heavy atom. The minimum absolute atomic E-state index is 0. The van der Waals surface area contributed by atoms with Gasteiger partial charge < -0.3 is 5.73 Å². The summed E-state index contributed by atoms with van der Waals surface area (Å²) >= 11 is 1.55. The average molecular weight is 284 g/mol. The van der Waals surface area contributed by atoms with Crippen LogP contribution in [0.15, 0.2) is 18.7 Å². The van der Waals surface area contributed by atoms with Gasteiger partial charge in [-0.3, -0.25) is 4.90 Å². The molecule has 0 aliphatic carbocycles. The van der Waals surface area contributed by atoms with Crippen molar-refractivity contribution in [3.05, 3.63) is 34.9 Å². The molecule has 0 aromatic carbocycles. The van der Waals surface area contributed by atoms with Crippen LogP contribution >= 0.6 is 23.7 Å². The summed E-state index contributed by atoms with van der Waals surface area (Å²) in [6.45, 7) is 2.83. The van der Waals surface area contributed by atoms with E-state index in [2.05, 4.69) is 19.9 Å². The topological polar surface area (TPSA) is 67.9 Å². The third-order valence-electron chi connectivity index (χ3n) is 2.90. The summed E-state index contributed by atoms with van der Waals surface area (Å²) in [6.07, 6.45) is 6.41. The molecule has 0 atom stereocenters. The van der Waals surface area contributed by atoms with Crippen LogP contribution in [-0.2, 0) is 19.5 Å². The summed E-state index contributed by atoms with van der Waals surface area (Å²) in [7, 11) is 0. The number of halogens is 1. The molecule has 5 nitrogen and oxygen atoms in total. The number of fused-ring (bicyclic) bond motifs is 1. The Morgan fingerprint density at radius 1 is 1.33 bits per heavy atom. The highest BCUT2D eigenvalue weighted by molar-refractivity contribution is 7.15. The lowest BCUT2D eigenvalue weighted by atomic mass is 10.1. The van der Waals surface area contributed by atoms with Crippen LogP contribution in [0, 0.1) is 0 Å². The second-order valence-electron chi connectivity index (χ2n) is 4.12. The first-order valence-electron chi connectivity index (χ1n) is 5.51. The zero-order chi connectivity index (χ0) is 11.7. The molecule has 0 amide bonds. The predicted octanol–water partition coefficient (Wildman–Crippen LogP) is 1.50. The van der Waals surface area contributed by atoms with Crippen LogP contribution in [0.1, 0.15) is 16.1 Å². The second kappa shape index (κ2) is 5.60. The second-order valence-corrected chi connectivity index (χ2v) is 5.27. The average Bonchev–Trinajstić information content (AvgIpc) is 2.75. The first-order valence-corrected chi connectivity index (χ1v) is 6.33. The number of nitrogen functional groups attached to an aromatic ring is 1. The van der Waals surface area contributed by atoms with Crippen LogP contribution in [0.25, 0.3) is 0 Å². The van der Waals surface area contributed by atoms with Crippen LogP contribution in [0.2, 0.25) is 0 Å². The maximum atomic E-state index is 5.63. The highest BCUT2D eigenvalue weighted by atomic mass is 35.5. The van der Waals surface area contributed by atoms with Gasteiger partial charge in [-0.15, -0.1) is 23.7 Å². The minimum Gasteiger partial charge on any atom is -0.375 e. The molecule has 0 saturated heterocycles. The first-order chi connectivity index (χ1) is 8.31. The number of anilines is 1. The molecule has 0 fully saturated rings. The quantitative estimate of drug-likeness (QED) is 0.904. The Balaban J connectivity index is 0.00000120. The van der Waals surface area contributed by atoms with Crippen molar-refractivity contribution in [2.24, 2.45) is 0 Å². The number of rotatable bonds is 2. The van der Waals surface area contributed by atoms with Gasteiger partial charge in [-0.1, -0.05) is 0 Å². The lowest BCUT2D eigenvalue weighted by Gasteiger charge is -2.26. The van der Waals surface area contributed by atoms with Crippen molar-refractivity contribution in [2.75, 3.05) is 12.3 Å². The highest BCUT2D eigenvalue weighted by Crippen LogP contribution is 2.21. The van der Waals surface area contributed by atoms with Crippen LogP contribution < -0.4 is 5.73 Å². The third kappa shape index (κ3) is 2.77. The van der Waals surface area contributed by atoms with Gasteiger partial charge in [0.05, 0.1) is 5.69 Å². The van der Waals surface area contributed by atoms with Crippen LogP contribution in [0.4, 0.5) is 5.13 Å². The van der Waals surface area contributed by atoms with E-state index in [0.29, 0.717) is 5.13 Å². The molecule has 96 valence electrons. The number of thiazole rings is 1. The molecule has 2 aromatic heterocycles. The molecule has 0 unspecified atom stereocenters. The van der Waals surface area contributed by atoms with E-state index in [1.807, 2.05) is 12.4 Å². The van der Waals surface area contributed by atoms with Crippen molar-refractivity contribution in [1.82, 2.24) is 19.9 Å². The van der Waals surface area contributed by atoms with Crippen molar-refractivity contribution in [2.45, 2.75) is 19.5 Å². The van der Waals surface area contributed by atoms with Crippen molar-refractivity contribution in [3.8, 4) is 0 Å². The van der Waals surface area contributed by atoms with Gasteiger partial charge in [0.15, 0.2) is 5.13 Å². The Bertz CT molecular complexity index is 530. The van der Waals surface area contributed by atoms with E-state index in [4.69, 9.17) is 5.73 Å². The zero-order valence-electron chi connectivity index (χ0n) is 9.74. The van der Waals surface area contributed by atoms with Gasteiger partial charge in [0.2, 0.25) is 0 Å². The van der Waals surface area contributed by atoms with Gasteiger partial charge in [0, 0.05) is 36.9 Å². The van der Waals surface area contributed by atoms with E-state index in [-0.39, 0.29) is 12.4 Å². The normalized spacial score (nSPS) is 14.9. The molecular weight excluding hydrogens is 270 g/mol. The van der Waals surface area contributed by atoms with Gasteiger partial charge in [-0.25, -0.2) is 15.0 Å². The van der Waals surface area contributed by atoms with Crippen LogP contribution in [0.3, 0.4) is 0 Å². The maximum Gasteiger partial charge on any atom is 0.180 e. The van der Waals surface area contributed by atoms with Crippen molar-refractivity contribution >= 4 is 28.9 Å². The molecule has 1 aliphatic rings. The van der Waals surface area contributed by atoms with Gasteiger partial charge in [0.25, 0.3) is 0 Å². The minimum atomic E-state index is 0. The summed E-state index contributed by atoms with van der Waals surface area (Å²) in [6, 6.07) is 0. The number of nitrogens with two attached hydrogens (primary N) is 1. The largest absolute Gasteiger partial charge is 0.375 e. The van der Waals surface area contributed by atoms with E-state index >= 15 is 0 Å². The van der Waals surface area contributed by atoms with Crippen molar-refractivity contribution in [3.63, 3.8) is 0 Å².